The SMILES string of the molecule is O=S(=O)([O][Pb]([O]S(=O)(=O)C(F)(F)F)([O]S(=O)(=O)C(F)(F)F)[O]S(=O)(=O)C(F)(F)F)C(F)(F)F. The summed E-state index contributed by atoms with van der Waals surface area (Å²) in [5, 5.41) is 0. The summed E-state index contributed by atoms with van der Waals surface area (Å²) in [5.74, 6) is 0. The molecule has 0 aromatic carbocycles. The molecule has 0 aromatic rings. The van der Waals surface area contributed by atoms with Crippen molar-refractivity contribution in [2.75, 3.05) is 0 Å². The second kappa shape index (κ2) is 8.99. The number of halogens is 12. The van der Waals surface area contributed by atoms with E-state index in [2.05, 4.69) is 8.53 Å². The molecular formula is C4F12O12PbS4. The van der Waals surface area contributed by atoms with E-state index in [1.165, 1.54) is 0 Å². The molecule has 0 atom stereocenters. The minimum atomic E-state index is -10.2. The van der Waals surface area contributed by atoms with Crippen molar-refractivity contribution in [1.29, 1.82) is 0 Å². The molecule has 12 nitrogen and oxygen atoms in total. The first-order valence-corrected chi connectivity index (χ1v) is 17.9. The van der Waals surface area contributed by atoms with E-state index in [1.807, 2.05) is 0 Å². The first-order chi connectivity index (χ1) is 13.8. The maximum absolute atomic E-state index is 12.4. The fourth-order valence-corrected chi connectivity index (χ4v) is 25.7. The van der Waals surface area contributed by atoms with E-state index >= 15 is 0 Å². The number of alkyl halides is 12. The Morgan fingerprint density at radius 3 is 0.576 bits per heavy atom. The molecule has 0 spiro atoms. The van der Waals surface area contributed by atoms with Crippen LogP contribution in [0.5, 0.6) is 0 Å². The van der Waals surface area contributed by atoms with Crippen molar-refractivity contribution in [3.05, 3.63) is 0 Å². The zero-order valence-corrected chi connectivity index (χ0v) is 20.7. The third kappa shape index (κ3) is 7.86. The molecule has 33 heavy (non-hydrogen) atoms. The Labute approximate surface area is 180 Å². The number of hydrogen-bond donors (Lipinski definition) is 0. The summed E-state index contributed by atoms with van der Waals surface area (Å²) in [5.41, 5.74) is -28.4. The molecule has 0 radical (unpaired) electrons. The summed E-state index contributed by atoms with van der Waals surface area (Å²) < 4.78 is 246. The average molecular weight is 803 g/mol. The second-order valence-electron chi connectivity index (χ2n) is 4.43. The average Bonchev–Trinajstić information content (AvgIpc) is 2.38. The number of rotatable bonds is 8. The molecule has 0 heterocycles. The molecule has 200 valence electrons. The first kappa shape index (κ1) is 32.7. The summed E-state index contributed by atoms with van der Waals surface area (Å²) in [6, 6.07) is 0. The summed E-state index contributed by atoms with van der Waals surface area (Å²) in [7, 11) is -31.9. The quantitative estimate of drug-likeness (QED) is 0.193. The molecule has 0 saturated carbocycles. The van der Waals surface area contributed by atoms with Crippen molar-refractivity contribution in [1.82, 2.24) is 0 Å². The van der Waals surface area contributed by atoms with Crippen LogP contribution in [-0.4, -0.2) is 78.7 Å². The van der Waals surface area contributed by atoms with E-state index in [4.69, 9.17) is 0 Å². The number of hydrogen-bond acceptors (Lipinski definition) is 12. The normalized spacial score (nSPS) is 16.1. The molecule has 0 N–H and O–H groups in total. The zero-order valence-electron chi connectivity index (χ0n) is 13.6. The van der Waals surface area contributed by atoms with Crippen LogP contribution in [0.4, 0.5) is 52.7 Å². The van der Waals surface area contributed by atoms with Gasteiger partial charge in [-0.25, -0.2) is 0 Å². The van der Waals surface area contributed by atoms with Gasteiger partial charge in [-0.3, -0.25) is 0 Å². The molecule has 0 saturated heterocycles. The Kier molecular flexibility index (Phi) is 8.91. The van der Waals surface area contributed by atoms with Crippen molar-refractivity contribution in [3.63, 3.8) is 0 Å². The van der Waals surface area contributed by atoms with E-state index in [0.29, 0.717) is 0 Å². The second-order valence-corrected chi connectivity index (χ2v) is 22.2. The van der Waals surface area contributed by atoms with Crippen LogP contribution in [0, 0.1) is 0 Å². The Hall–Kier alpha value is -0.278. The molecule has 0 aliphatic carbocycles. The minimum absolute atomic E-state index is 2.35. The van der Waals surface area contributed by atoms with Crippen molar-refractivity contribution in [2.24, 2.45) is 0 Å². The van der Waals surface area contributed by atoms with Gasteiger partial charge in [0, 0.05) is 0 Å². The van der Waals surface area contributed by atoms with Crippen LogP contribution in [0.3, 0.4) is 0 Å². The van der Waals surface area contributed by atoms with Gasteiger partial charge in [0.15, 0.2) is 0 Å². The van der Waals surface area contributed by atoms with Crippen LogP contribution in [0.2, 0.25) is 0 Å². The van der Waals surface area contributed by atoms with Gasteiger partial charge in [-0.15, -0.1) is 0 Å². The van der Waals surface area contributed by atoms with E-state index in [0.717, 1.165) is 0 Å². The molecule has 0 aromatic heterocycles. The van der Waals surface area contributed by atoms with Crippen LogP contribution in [-0.2, 0) is 49.0 Å². The Balaban J connectivity index is 7.45. The predicted molar refractivity (Wildman–Crippen MR) is 70.0 cm³/mol. The van der Waals surface area contributed by atoms with Crippen molar-refractivity contribution >= 4 is 63.5 Å². The van der Waals surface area contributed by atoms with Crippen LogP contribution in [0.25, 0.3) is 0 Å². The van der Waals surface area contributed by atoms with E-state index in [9.17, 15) is 86.4 Å². The summed E-state index contributed by atoms with van der Waals surface area (Å²) in [6.45, 7) is 0. The molecule has 0 unspecified atom stereocenters. The summed E-state index contributed by atoms with van der Waals surface area (Å²) >= 11 is -10.2. The molecule has 0 aliphatic rings. The maximum atomic E-state index is 12.4. The first-order valence-electron chi connectivity index (χ1n) is 5.90. The van der Waals surface area contributed by atoms with Gasteiger partial charge < -0.3 is 0 Å². The van der Waals surface area contributed by atoms with Crippen LogP contribution in [0.1, 0.15) is 0 Å². The van der Waals surface area contributed by atoms with Crippen LogP contribution >= 0.6 is 0 Å². The van der Waals surface area contributed by atoms with Gasteiger partial charge in [0.1, 0.15) is 0 Å². The van der Waals surface area contributed by atoms with Gasteiger partial charge in [-0.1, -0.05) is 0 Å². The topological polar surface area (TPSA) is 173 Å². The molecular weight excluding hydrogens is 803 g/mol. The van der Waals surface area contributed by atoms with Gasteiger partial charge >= 0.3 is 180 Å². The third-order valence-electron chi connectivity index (χ3n) is 1.98. The molecule has 29 heteroatoms. The third-order valence-corrected chi connectivity index (χ3v) is 25.7. The molecule has 0 aliphatic heterocycles. The standard InChI is InChI=1S/4CHF3O3S.Pb/c4*2-1(3,4)8(5,6)7;/h4*(H,5,6,7);/q;;;;+4/p-4. The Morgan fingerprint density at radius 2 is 0.485 bits per heavy atom. The Bertz CT molecular complexity index is 963. The van der Waals surface area contributed by atoms with Gasteiger partial charge in [0.05, 0.1) is 0 Å². The fourth-order valence-electron chi connectivity index (χ4n) is 0.810. The van der Waals surface area contributed by atoms with Crippen molar-refractivity contribution in [3.8, 4) is 0 Å². The molecule has 0 fully saturated rings. The summed E-state index contributed by atoms with van der Waals surface area (Å²) in [6.07, 6.45) is 0. The van der Waals surface area contributed by atoms with Crippen LogP contribution < -0.4 is 0 Å². The summed E-state index contributed by atoms with van der Waals surface area (Å²) in [4.78, 5) is 0. The Morgan fingerprint density at radius 1 is 0.364 bits per heavy atom. The zero-order chi connectivity index (χ0) is 27.3. The van der Waals surface area contributed by atoms with E-state index in [-0.39, 0.29) is 0 Å². The monoisotopic (exact) mass is 804 g/mol. The van der Waals surface area contributed by atoms with Gasteiger partial charge in [0.2, 0.25) is 0 Å². The van der Waals surface area contributed by atoms with Gasteiger partial charge in [-0.2, -0.15) is 0 Å². The predicted octanol–water partition coefficient (Wildman–Crippen LogP) is 0.887. The van der Waals surface area contributed by atoms with Crippen LogP contribution in [0.15, 0.2) is 0 Å². The van der Waals surface area contributed by atoms with Gasteiger partial charge in [-0.05, 0) is 0 Å². The molecule has 0 rings (SSSR count). The molecule has 0 bridgehead atoms. The fraction of sp³-hybridized carbons (Fsp3) is 1.00. The van der Waals surface area contributed by atoms with E-state index in [1.54, 1.807) is 0 Å². The van der Waals surface area contributed by atoms with E-state index < -0.39 is 85.5 Å². The molecule has 0 amide bonds. The van der Waals surface area contributed by atoms with Crippen molar-refractivity contribution < 1.29 is 94.9 Å². The van der Waals surface area contributed by atoms with Crippen molar-refractivity contribution in [2.45, 2.75) is 22.0 Å². The van der Waals surface area contributed by atoms with Gasteiger partial charge in [0.25, 0.3) is 0 Å².